The van der Waals surface area contributed by atoms with Crippen molar-refractivity contribution in [1.29, 1.82) is 0 Å². The van der Waals surface area contributed by atoms with E-state index in [1.807, 2.05) is 18.4 Å². The van der Waals surface area contributed by atoms with E-state index in [1.54, 1.807) is 23.9 Å². The topological polar surface area (TPSA) is 29.1 Å². The molecule has 1 N–H and O–H groups in total. The standard InChI is InChI=1S/C10H13NOS2/c1-14-6-5-11-10(12)8-3-2-4-9(13)7-8/h2-4,7,13H,5-6H2,1H3,(H,11,12). The van der Waals surface area contributed by atoms with Crippen LogP contribution in [0.4, 0.5) is 0 Å². The molecule has 0 spiro atoms. The van der Waals surface area contributed by atoms with Crippen LogP contribution in [0, 0.1) is 0 Å². The van der Waals surface area contributed by atoms with Crippen molar-refractivity contribution in [2.45, 2.75) is 4.90 Å². The maximum absolute atomic E-state index is 11.5. The molecule has 1 aromatic carbocycles. The number of carbonyl (C=O) groups excluding carboxylic acids is 1. The zero-order valence-electron chi connectivity index (χ0n) is 7.99. The molecule has 0 radical (unpaired) electrons. The molecule has 1 amide bonds. The molecule has 1 rings (SSSR count). The summed E-state index contributed by atoms with van der Waals surface area (Å²) < 4.78 is 0. The van der Waals surface area contributed by atoms with Crippen molar-refractivity contribution in [2.75, 3.05) is 18.6 Å². The van der Waals surface area contributed by atoms with E-state index < -0.39 is 0 Å². The minimum absolute atomic E-state index is 0.0325. The van der Waals surface area contributed by atoms with E-state index in [0.29, 0.717) is 12.1 Å². The Labute approximate surface area is 93.9 Å². The monoisotopic (exact) mass is 227 g/mol. The molecule has 2 nitrogen and oxygen atoms in total. The predicted octanol–water partition coefficient (Wildman–Crippen LogP) is 2.07. The summed E-state index contributed by atoms with van der Waals surface area (Å²) in [6.45, 7) is 0.705. The van der Waals surface area contributed by atoms with Crippen molar-refractivity contribution < 1.29 is 4.79 Å². The zero-order valence-corrected chi connectivity index (χ0v) is 9.70. The SMILES string of the molecule is CSCCNC(=O)c1cccc(S)c1. The molecule has 0 aliphatic rings. The summed E-state index contributed by atoms with van der Waals surface area (Å²) in [5, 5.41) is 2.83. The lowest BCUT2D eigenvalue weighted by Crippen LogP contribution is -2.25. The van der Waals surface area contributed by atoms with Gasteiger partial charge in [-0.3, -0.25) is 4.79 Å². The highest BCUT2D eigenvalue weighted by Gasteiger charge is 2.03. The molecular formula is C10H13NOS2. The second-order valence-corrected chi connectivity index (χ2v) is 4.30. The van der Waals surface area contributed by atoms with Gasteiger partial charge in [0.1, 0.15) is 0 Å². The van der Waals surface area contributed by atoms with Gasteiger partial charge in [-0.1, -0.05) is 6.07 Å². The first kappa shape index (κ1) is 11.5. The first-order valence-corrected chi connectivity index (χ1v) is 6.14. The molecule has 0 fully saturated rings. The maximum atomic E-state index is 11.5. The Hall–Kier alpha value is -0.610. The van der Waals surface area contributed by atoms with E-state index in [0.717, 1.165) is 10.6 Å². The third-order valence-electron chi connectivity index (χ3n) is 1.70. The van der Waals surface area contributed by atoms with Crippen molar-refractivity contribution >= 4 is 30.3 Å². The number of benzene rings is 1. The number of rotatable bonds is 4. The van der Waals surface area contributed by atoms with Crippen LogP contribution in [0.1, 0.15) is 10.4 Å². The van der Waals surface area contributed by atoms with Gasteiger partial charge >= 0.3 is 0 Å². The molecule has 14 heavy (non-hydrogen) atoms. The van der Waals surface area contributed by atoms with Crippen molar-refractivity contribution in [3.63, 3.8) is 0 Å². The maximum Gasteiger partial charge on any atom is 0.251 e. The number of amides is 1. The van der Waals surface area contributed by atoms with Crippen LogP contribution in [0.25, 0.3) is 0 Å². The summed E-state index contributed by atoms with van der Waals surface area (Å²) in [6.07, 6.45) is 2.01. The Morgan fingerprint density at radius 2 is 2.36 bits per heavy atom. The van der Waals surface area contributed by atoms with Gasteiger partial charge in [0.2, 0.25) is 0 Å². The van der Waals surface area contributed by atoms with Gasteiger partial charge in [0.05, 0.1) is 0 Å². The highest BCUT2D eigenvalue weighted by Crippen LogP contribution is 2.08. The average molecular weight is 227 g/mol. The van der Waals surface area contributed by atoms with E-state index in [2.05, 4.69) is 17.9 Å². The van der Waals surface area contributed by atoms with Crippen LogP contribution in [0.5, 0.6) is 0 Å². The third kappa shape index (κ3) is 3.64. The Kier molecular flexibility index (Phi) is 4.90. The molecule has 4 heteroatoms. The Morgan fingerprint density at radius 3 is 3.00 bits per heavy atom. The van der Waals surface area contributed by atoms with Crippen molar-refractivity contribution in [2.24, 2.45) is 0 Å². The number of hydrogen-bond donors (Lipinski definition) is 2. The highest BCUT2D eigenvalue weighted by atomic mass is 32.2. The fraction of sp³-hybridized carbons (Fsp3) is 0.300. The van der Waals surface area contributed by atoms with E-state index >= 15 is 0 Å². The first-order chi connectivity index (χ1) is 6.74. The Balaban J connectivity index is 2.52. The number of thioether (sulfide) groups is 1. The van der Waals surface area contributed by atoms with Crippen molar-refractivity contribution in [3.05, 3.63) is 29.8 Å². The van der Waals surface area contributed by atoms with Crippen LogP contribution >= 0.6 is 24.4 Å². The molecule has 0 aliphatic carbocycles. The molecule has 0 saturated carbocycles. The lowest BCUT2D eigenvalue weighted by atomic mass is 10.2. The fourth-order valence-electron chi connectivity index (χ4n) is 1.02. The quantitative estimate of drug-likeness (QED) is 0.609. The summed E-state index contributed by atoms with van der Waals surface area (Å²) in [7, 11) is 0. The number of carbonyl (C=O) groups is 1. The molecular weight excluding hydrogens is 214 g/mol. The Bertz CT molecular complexity index is 315. The molecule has 0 unspecified atom stereocenters. The Morgan fingerprint density at radius 1 is 1.57 bits per heavy atom. The molecule has 0 saturated heterocycles. The average Bonchev–Trinajstić information content (AvgIpc) is 2.18. The van der Waals surface area contributed by atoms with E-state index in [4.69, 9.17) is 0 Å². The summed E-state index contributed by atoms with van der Waals surface area (Å²) in [5.41, 5.74) is 0.665. The van der Waals surface area contributed by atoms with E-state index in [9.17, 15) is 4.79 Å². The second kappa shape index (κ2) is 5.98. The van der Waals surface area contributed by atoms with Crippen molar-refractivity contribution in [1.82, 2.24) is 5.32 Å². The van der Waals surface area contributed by atoms with Crippen LogP contribution in [0.2, 0.25) is 0 Å². The van der Waals surface area contributed by atoms with Gasteiger partial charge in [0, 0.05) is 22.8 Å². The van der Waals surface area contributed by atoms with Crippen LogP contribution < -0.4 is 5.32 Å². The predicted molar refractivity (Wildman–Crippen MR) is 64.4 cm³/mol. The van der Waals surface area contributed by atoms with Crippen LogP contribution in [-0.2, 0) is 0 Å². The van der Waals surface area contributed by atoms with Gasteiger partial charge in [-0.05, 0) is 24.5 Å². The minimum atomic E-state index is -0.0325. The first-order valence-electron chi connectivity index (χ1n) is 4.30. The fourth-order valence-corrected chi connectivity index (χ4v) is 1.55. The van der Waals surface area contributed by atoms with Gasteiger partial charge in [0.15, 0.2) is 0 Å². The van der Waals surface area contributed by atoms with Gasteiger partial charge < -0.3 is 5.32 Å². The van der Waals surface area contributed by atoms with Gasteiger partial charge in [-0.15, -0.1) is 12.6 Å². The van der Waals surface area contributed by atoms with Crippen molar-refractivity contribution in [3.8, 4) is 0 Å². The minimum Gasteiger partial charge on any atom is -0.351 e. The normalized spacial score (nSPS) is 9.86. The third-order valence-corrected chi connectivity index (χ3v) is 2.59. The molecule has 1 aromatic rings. The summed E-state index contributed by atoms with van der Waals surface area (Å²) in [6, 6.07) is 7.22. The summed E-state index contributed by atoms with van der Waals surface area (Å²) in [5.74, 6) is 0.904. The lowest BCUT2D eigenvalue weighted by Gasteiger charge is -2.04. The van der Waals surface area contributed by atoms with Gasteiger partial charge in [0.25, 0.3) is 5.91 Å². The lowest BCUT2D eigenvalue weighted by molar-refractivity contribution is 0.0956. The summed E-state index contributed by atoms with van der Waals surface area (Å²) in [4.78, 5) is 12.3. The number of thiol groups is 1. The smallest absolute Gasteiger partial charge is 0.251 e. The van der Waals surface area contributed by atoms with E-state index in [-0.39, 0.29) is 5.91 Å². The number of hydrogen-bond acceptors (Lipinski definition) is 3. The van der Waals surface area contributed by atoms with Crippen LogP contribution in [-0.4, -0.2) is 24.5 Å². The molecule has 0 aromatic heterocycles. The molecule has 0 bridgehead atoms. The van der Waals surface area contributed by atoms with Gasteiger partial charge in [-0.25, -0.2) is 0 Å². The highest BCUT2D eigenvalue weighted by molar-refractivity contribution is 7.98. The second-order valence-electron chi connectivity index (χ2n) is 2.80. The molecule has 0 aliphatic heterocycles. The molecule has 76 valence electrons. The zero-order chi connectivity index (χ0) is 10.4. The van der Waals surface area contributed by atoms with E-state index in [1.165, 1.54) is 0 Å². The molecule has 0 heterocycles. The van der Waals surface area contributed by atoms with Crippen LogP contribution in [0.15, 0.2) is 29.2 Å². The molecule has 0 atom stereocenters. The summed E-state index contributed by atoms with van der Waals surface area (Å²) >= 11 is 5.89. The largest absolute Gasteiger partial charge is 0.351 e. The number of nitrogens with one attached hydrogen (secondary N) is 1. The van der Waals surface area contributed by atoms with Crippen LogP contribution in [0.3, 0.4) is 0 Å². The van der Waals surface area contributed by atoms with Gasteiger partial charge in [-0.2, -0.15) is 11.8 Å².